The Morgan fingerprint density at radius 2 is 1.64 bits per heavy atom. The van der Waals surface area contributed by atoms with Crippen LogP contribution in [-0.2, 0) is 16.1 Å². The van der Waals surface area contributed by atoms with Gasteiger partial charge in [0.25, 0.3) is 5.91 Å². The smallest absolute Gasteiger partial charge is 0.306 e. The molecule has 0 radical (unpaired) electrons. The molecule has 6 heteroatoms. The molecule has 0 spiro atoms. The fourth-order valence-electron chi connectivity index (χ4n) is 5.46. The average Bonchev–Trinajstić information content (AvgIpc) is 3.29. The van der Waals surface area contributed by atoms with E-state index in [1.165, 1.54) is 12.1 Å². The molecule has 2 heterocycles. The van der Waals surface area contributed by atoms with Crippen LogP contribution >= 0.6 is 0 Å². The largest absolute Gasteiger partial charge is 0.462 e. The lowest BCUT2D eigenvalue weighted by Gasteiger charge is -2.24. The molecule has 1 N–H and O–H groups in total. The lowest BCUT2D eigenvalue weighted by Crippen LogP contribution is -2.25. The third-order valence-corrected chi connectivity index (χ3v) is 7.17. The second-order valence-electron chi connectivity index (χ2n) is 10.3. The van der Waals surface area contributed by atoms with E-state index >= 15 is 0 Å². The first kappa shape index (κ1) is 26.4. The van der Waals surface area contributed by atoms with Crippen LogP contribution in [0.25, 0.3) is 22.4 Å². The summed E-state index contributed by atoms with van der Waals surface area (Å²) in [7, 11) is 0. The van der Waals surface area contributed by atoms with E-state index in [1.807, 2.05) is 60.7 Å². The van der Waals surface area contributed by atoms with Gasteiger partial charge in [0.15, 0.2) is 0 Å². The number of amides is 1. The van der Waals surface area contributed by atoms with E-state index in [2.05, 4.69) is 23.7 Å². The predicted molar refractivity (Wildman–Crippen MR) is 152 cm³/mol. The summed E-state index contributed by atoms with van der Waals surface area (Å²) in [5.41, 5.74) is 5.58. The van der Waals surface area contributed by atoms with E-state index in [4.69, 9.17) is 4.74 Å². The number of hydrogen-bond acceptors (Lipinski definition) is 3. The maximum Gasteiger partial charge on any atom is 0.306 e. The first-order chi connectivity index (χ1) is 18.9. The molecule has 1 amide bonds. The minimum atomic E-state index is -0.321. The first-order valence-electron chi connectivity index (χ1n) is 13.6. The number of rotatable bonds is 8. The zero-order valence-electron chi connectivity index (χ0n) is 22.3. The molecule has 4 aromatic rings. The van der Waals surface area contributed by atoms with E-state index in [-0.39, 0.29) is 29.7 Å². The molecule has 0 bridgehead atoms. The first-order valence-corrected chi connectivity index (χ1v) is 13.6. The van der Waals surface area contributed by atoms with Crippen molar-refractivity contribution in [3.8, 4) is 22.4 Å². The standard InChI is InChI=1S/C33H33FN2O3/c1-22(2)31-30(33(38)35-26-12-7-4-8-13-26)29(23-10-5-3-6-11-23)32(24-16-18-25(34)19-17-24)36(31)21-20-27-14-9-15-28(37)39-27/h3-8,10-13,16-19,22,27H,9,14-15,20-21H2,1-2H3,(H,35,38)/t27-/m0/s1. The van der Waals surface area contributed by atoms with Gasteiger partial charge in [0.1, 0.15) is 11.9 Å². The molecule has 1 aliphatic rings. The average molecular weight is 525 g/mol. The molecule has 0 aliphatic carbocycles. The topological polar surface area (TPSA) is 60.3 Å². The summed E-state index contributed by atoms with van der Waals surface area (Å²) < 4.78 is 21.8. The van der Waals surface area contributed by atoms with Crippen LogP contribution in [-0.4, -0.2) is 22.5 Å². The number of carbonyl (C=O) groups is 2. The number of carbonyl (C=O) groups excluding carboxylic acids is 2. The van der Waals surface area contributed by atoms with Gasteiger partial charge < -0.3 is 14.6 Å². The summed E-state index contributed by atoms with van der Waals surface area (Å²) in [4.78, 5) is 26.0. The van der Waals surface area contributed by atoms with Crippen molar-refractivity contribution in [3.63, 3.8) is 0 Å². The van der Waals surface area contributed by atoms with Gasteiger partial charge in [-0.15, -0.1) is 0 Å². The SMILES string of the molecule is CC(C)c1c(C(=O)Nc2ccccc2)c(-c2ccccc2)c(-c2ccc(F)cc2)n1CC[C@@H]1CCCC(=O)O1. The van der Waals surface area contributed by atoms with Gasteiger partial charge in [0.05, 0.1) is 11.3 Å². The summed E-state index contributed by atoms with van der Waals surface area (Å²) in [6, 6.07) is 25.7. The van der Waals surface area contributed by atoms with Crippen molar-refractivity contribution in [2.45, 2.75) is 58.1 Å². The highest BCUT2D eigenvalue weighted by Gasteiger charge is 2.31. The van der Waals surface area contributed by atoms with Crippen LogP contribution in [0.3, 0.4) is 0 Å². The maximum atomic E-state index is 14.1. The second-order valence-corrected chi connectivity index (χ2v) is 10.3. The summed E-state index contributed by atoms with van der Waals surface area (Å²) in [5.74, 6) is -0.671. The minimum absolute atomic E-state index is 0.00656. The van der Waals surface area contributed by atoms with Crippen molar-refractivity contribution in [2.24, 2.45) is 0 Å². The van der Waals surface area contributed by atoms with Crippen molar-refractivity contribution in [3.05, 3.63) is 102 Å². The zero-order valence-corrected chi connectivity index (χ0v) is 22.3. The molecule has 200 valence electrons. The Morgan fingerprint density at radius 3 is 2.28 bits per heavy atom. The third-order valence-electron chi connectivity index (χ3n) is 7.17. The molecule has 39 heavy (non-hydrogen) atoms. The van der Waals surface area contributed by atoms with Gasteiger partial charge in [0, 0.05) is 36.3 Å². The number of esters is 1. The van der Waals surface area contributed by atoms with Gasteiger partial charge in [-0.05, 0) is 66.3 Å². The van der Waals surface area contributed by atoms with Crippen LogP contribution in [0.15, 0.2) is 84.9 Å². The molecule has 1 aromatic heterocycles. The molecule has 1 aliphatic heterocycles. The zero-order chi connectivity index (χ0) is 27.4. The Labute approximate surface area is 228 Å². The van der Waals surface area contributed by atoms with Crippen LogP contribution in [0.5, 0.6) is 0 Å². The molecular weight excluding hydrogens is 491 g/mol. The highest BCUT2D eigenvalue weighted by atomic mass is 19.1. The van der Waals surface area contributed by atoms with Gasteiger partial charge in [-0.25, -0.2) is 4.39 Å². The maximum absolute atomic E-state index is 14.1. The van der Waals surface area contributed by atoms with Gasteiger partial charge in [-0.3, -0.25) is 9.59 Å². The highest BCUT2D eigenvalue weighted by molar-refractivity contribution is 6.12. The molecule has 1 atom stereocenters. The number of aromatic nitrogens is 1. The van der Waals surface area contributed by atoms with Gasteiger partial charge in [-0.1, -0.05) is 62.4 Å². The van der Waals surface area contributed by atoms with Crippen LogP contribution in [0, 0.1) is 5.82 Å². The lowest BCUT2D eigenvalue weighted by molar-refractivity contribution is -0.154. The van der Waals surface area contributed by atoms with Crippen LogP contribution in [0.1, 0.15) is 61.5 Å². The number of hydrogen-bond donors (Lipinski definition) is 1. The molecule has 1 saturated heterocycles. The molecule has 1 fully saturated rings. The van der Waals surface area contributed by atoms with Crippen molar-refractivity contribution < 1.29 is 18.7 Å². The Bertz CT molecular complexity index is 1440. The predicted octanol–water partition coefficient (Wildman–Crippen LogP) is 7.82. The summed E-state index contributed by atoms with van der Waals surface area (Å²) in [6.45, 7) is 4.71. The van der Waals surface area contributed by atoms with E-state index in [9.17, 15) is 14.0 Å². The number of anilines is 1. The Morgan fingerprint density at radius 1 is 0.974 bits per heavy atom. The van der Waals surface area contributed by atoms with E-state index in [0.717, 1.165) is 40.9 Å². The lowest BCUT2D eigenvalue weighted by atomic mass is 9.94. The van der Waals surface area contributed by atoms with Crippen LogP contribution in [0.2, 0.25) is 0 Å². The van der Waals surface area contributed by atoms with Crippen molar-refractivity contribution >= 4 is 17.6 Å². The second kappa shape index (κ2) is 11.7. The molecule has 0 saturated carbocycles. The van der Waals surface area contributed by atoms with Gasteiger partial charge >= 0.3 is 5.97 Å². The summed E-state index contributed by atoms with van der Waals surface area (Å²) in [6.07, 6.45) is 2.55. The molecule has 0 unspecified atom stereocenters. The highest BCUT2D eigenvalue weighted by Crippen LogP contribution is 2.42. The molecule has 5 rings (SSSR count). The number of ether oxygens (including phenoxy) is 1. The Kier molecular flexibility index (Phi) is 7.92. The fourth-order valence-corrected chi connectivity index (χ4v) is 5.46. The fraction of sp³-hybridized carbons (Fsp3) is 0.273. The summed E-state index contributed by atoms with van der Waals surface area (Å²) >= 11 is 0. The number of benzene rings is 3. The number of halogens is 1. The number of nitrogens with zero attached hydrogens (tertiary/aromatic N) is 1. The Balaban J connectivity index is 1.72. The minimum Gasteiger partial charge on any atom is -0.462 e. The van der Waals surface area contributed by atoms with E-state index in [0.29, 0.717) is 30.6 Å². The third kappa shape index (κ3) is 5.80. The van der Waals surface area contributed by atoms with E-state index < -0.39 is 0 Å². The normalized spacial score (nSPS) is 15.3. The van der Waals surface area contributed by atoms with Gasteiger partial charge in [-0.2, -0.15) is 0 Å². The number of nitrogens with one attached hydrogen (secondary N) is 1. The monoisotopic (exact) mass is 524 g/mol. The number of para-hydroxylation sites is 1. The molecule has 3 aromatic carbocycles. The summed E-state index contributed by atoms with van der Waals surface area (Å²) in [5, 5.41) is 3.09. The van der Waals surface area contributed by atoms with Crippen LogP contribution < -0.4 is 5.32 Å². The molecule has 5 nitrogen and oxygen atoms in total. The Hall–Kier alpha value is -4.19. The quantitative estimate of drug-likeness (QED) is 0.239. The van der Waals surface area contributed by atoms with Crippen molar-refractivity contribution in [1.82, 2.24) is 4.57 Å². The van der Waals surface area contributed by atoms with Crippen molar-refractivity contribution in [2.75, 3.05) is 5.32 Å². The van der Waals surface area contributed by atoms with Gasteiger partial charge in [0.2, 0.25) is 0 Å². The number of cyclic esters (lactones) is 1. The van der Waals surface area contributed by atoms with Crippen LogP contribution in [0.4, 0.5) is 10.1 Å². The molecular formula is C33H33FN2O3. The van der Waals surface area contributed by atoms with E-state index in [1.54, 1.807) is 12.1 Å². The van der Waals surface area contributed by atoms with Crippen molar-refractivity contribution in [1.29, 1.82) is 0 Å².